The highest BCUT2D eigenvalue weighted by Gasteiger charge is 2.28. The van der Waals surface area contributed by atoms with E-state index in [4.69, 9.17) is 4.74 Å². The van der Waals surface area contributed by atoms with Gasteiger partial charge in [0.1, 0.15) is 5.78 Å². The standard InChI is InChI=1S/C14H26O2/c1-10-5-7-13(9-11(10)2)14(15)8-6-12(3)16-4/h10-13H,5-9H2,1-4H3. The summed E-state index contributed by atoms with van der Waals surface area (Å²) in [6, 6.07) is 0. The summed E-state index contributed by atoms with van der Waals surface area (Å²) < 4.78 is 5.17. The fourth-order valence-electron chi connectivity index (χ4n) is 2.51. The highest BCUT2D eigenvalue weighted by atomic mass is 16.5. The van der Waals surface area contributed by atoms with E-state index >= 15 is 0 Å². The minimum atomic E-state index is 0.212. The van der Waals surface area contributed by atoms with E-state index in [-0.39, 0.29) is 6.10 Å². The highest BCUT2D eigenvalue weighted by molar-refractivity contribution is 5.81. The monoisotopic (exact) mass is 226 g/mol. The molecule has 0 aromatic carbocycles. The van der Waals surface area contributed by atoms with Gasteiger partial charge in [-0.2, -0.15) is 0 Å². The van der Waals surface area contributed by atoms with Crippen molar-refractivity contribution in [3.8, 4) is 0 Å². The van der Waals surface area contributed by atoms with Crippen LogP contribution < -0.4 is 0 Å². The lowest BCUT2D eigenvalue weighted by Crippen LogP contribution is -2.26. The Morgan fingerprint density at radius 2 is 2.00 bits per heavy atom. The van der Waals surface area contributed by atoms with Crippen molar-refractivity contribution in [2.75, 3.05) is 7.11 Å². The second kappa shape index (κ2) is 6.39. The van der Waals surface area contributed by atoms with Crippen LogP contribution in [0.3, 0.4) is 0 Å². The SMILES string of the molecule is COC(C)CCC(=O)C1CCC(C)C(C)C1. The van der Waals surface area contributed by atoms with Gasteiger partial charge < -0.3 is 4.74 Å². The van der Waals surface area contributed by atoms with E-state index in [0.29, 0.717) is 24.0 Å². The number of hydrogen-bond acceptors (Lipinski definition) is 2. The van der Waals surface area contributed by atoms with Crippen molar-refractivity contribution in [1.29, 1.82) is 0 Å². The fraction of sp³-hybridized carbons (Fsp3) is 0.929. The average Bonchev–Trinajstić information content (AvgIpc) is 2.29. The molecule has 1 rings (SSSR count). The molecule has 0 bridgehead atoms. The van der Waals surface area contributed by atoms with Gasteiger partial charge >= 0.3 is 0 Å². The molecule has 1 saturated carbocycles. The van der Waals surface area contributed by atoms with Crippen LogP contribution in [0.5, 0.6) is 0 Å². The zero-order chi connectivity index (χ0) is 12.1. The van der Waals surface area contributed by atoms with Crippen LogP contribution in [-0.2, 0) is 9.53 Å². The molecule has 0 radical (unpaired) electrons. The summed E-state index contributed by atoms with van der Waals surface area (Å²) in [5.74, 6) is 2.29. The van der Waals surface area contributed by atoms with Gasteiger partial charge in [0.05, 0.1) is 6.10 Å². The van der Waals surface area contributed by atoms with Crippen LogP contribution in [-0.4, -0.2) is 19.0 Å². The normalized spacial score (nSPS) is 32.4. The molecule has 4 atom stereocenters. The fourth-order valence-corrected chi connectivity index (χ4v) is 2.51. The topological polar surface area (TPSA) is 26.3 Å². The van der Waals surface area contributed by atoms with Crippen molar-refractivity contribution < 1.29 is 9.53 Å². The summed E-state index contributed by atoms with van der Waals surface area (Å²) in [5.41, 5.74) is 0. The molecule has 2 nitrogen and oxygen atoms in total. The molecule has 0 aromatic rings. The lowest BCUT2D eigenvalue weighted by Gasteiger charge is -2.31. The number of carbonyl (C=O) groups excluding carboxylic acids is 1. The first-order valence-corrected chi connectivity index (χ1v) is 6.60. The van der Waals surface area contributed by atoms with Crippen LogP contribution in [0.4, 0.5) is 0 Å². The Balaban J connectivity index is 2.32. The van der Waals surface area contributed by atoms with Gasteiger partial charge in [0.2, 0.25) is 0 Å². The van der Waals surface area contributed by atoms with Crippen molar-refractivity contribution in [2.45, 2.75) is 59.0 Å². The van der Waals surface area contributed by atoms with Crippen LogP contribution in [0.1, 0.15) is 52.9 Å². The van der Waals surface area contributed by atoms with E-state index in [1.54, 1.807) is 7.11 Å². The van der Waals surface area contributed by atoms with Crippen LogP contribution >= 0.6 is 0 Å². The summed E-state index contributed by atoms with van der Waals surface area (Å²) in [6.45, 7) is 6.61. The Bertz CT molecular complexity index is 225. The Kier molecular flexibility index (Phi) is 5.47. The minimum Gasteiger partial charge on any atom is -0.382 e. The molecule has 0 saturated heterocycles. The molecule has 0 amide bonds. The van der Waals surface area contributed by atoms with Crippen molar-refractivity contribution in [1.82, 2.24) is 0 Å². The lowest BCUT2D eigenvalue weighted by molar-refractivity contribution is -0.125. The second-order valence-corrected chi connectivity index (χ2v) is 5.52. The van der Waals surface area contributed by atoms with Crippen molar-refractivity contribution in [3.05, 3.63) is 0 Å². The van der Waals surface area contributed by atoms with Crippen molar-refractivity contribution >= 4 is 5.78 Å². The Hall–Kier alpha value is -0.370. The van der Waals surface area contributed by atoms with E-state index in [1.807, 2.05) is 6.92 Å². The van der Waals surface area contributed by atoms with Crippen LogP contribution in [0, 0.1) is 17.8 Å². The number of methoxy groups -OCH3 is 1. The molecule has 0 heterocycles. The summed E-state index contributed by atoms with van der Waals surface area (Å²) in [6.07, 6.45) is 5.20. The first-order valence-electron chi connectivity index (χ1n) is 6.60. The maximum absolute atomic E-state index is 12.0. The number of Topliss-reactive ketones (excluding diaryl/α,β-unsaturated/α-hetero) is 1. The zero-order valence-corrected chi connectivity index (χ0v) is 11.2. The summed E-state index contributed by atoms with van der Waals surface area (Å²) >= 11 is 0. The van der Waals surface area contributed by atoms with Gasteiger partial charge in [-0.3, -0.25) is 4.79 Å². The zero-order valence-electron chi connectivity index (χ0n) is 11.2. The van der Waals surface area contributed by atoms with E-state index in [1.165, 1.54) is 6.42 Å². The molecule has 1 aliphatic rings. The van der Waals surface area contributed by atoms with E-state index in [0.717, 1.165) is 25.2 Å². The van der Waals surface area contributed by atoms with E-state index in [2.05, 4.69) is 13.8 Å². The molecule has 0 N–H and O–H groups in total. The molecule has 16 heavy (non-hydrogen) atoms. The third-order valence-corrected chi connectivity index (χ3v) is 4.25. The molecule has 1 fully saturated rings. The third kappa shape index (κ3) is 3.89. The van der Waals surface area contributed by atoms with Crippen molar-refractivity contribution in [2.24, 2.45) is 17.8 Å². The second-order valence-electron chi connectivity index (χ2n) is 5.52. The summed E-state index contributed by atoms with van der Waals surface area (Å²) in [4.78, 5) is 12.0. The molecule has 0 aliphatic heterocycles. The first-order chi connectivity index (χ1) is 7.54. The van der Waals surface area contributed by atoms with Crippen LogP contribution in [0.25, 0.3) is 0 Å². The van der Waals surface area contributed by atoms with E-state index in [9.17, 15) is 4.79 Å². The molecule has 0 aromatic heterocycles. The van der Waals surface area contributed by atoms with Crippen LogP contribution in [0.15, 0.2) is 0 Å². The first kappa shape index (κ1) is 13.7. The molecule has 1 aliphatic carbocycles. The lowest BCUT2D eigenvalue weighted by atomic mass is 9.74. The number of ether oxygens (including phenoxy) is 1. The van der Waals surface area contributed by atoms with Gasteiger partial charge in [0.25, 0.3) is 0 Å². The van der Waals surface area contributed by atoms with Gasteiger partial charge in [0.15, 0.2) is 0 Å². The minimum absolute atomic E-state index is 0.212. The number of hydrogen-bond donors (Lipinski definition) is 0. The highest BCUT2D eigenvalue weighted by Crippen LogP contribution is 2.34. The Labute approximate surface area is 99.8 Å². The molecular formula is C14H26O2. The predicted molar refractivity (Wildman–Crippen MR) is 66.4 cm³/mol. The van der Waals surface area contributed by atoms with E-state index < -0.39 is 0 Å². The van der Waals surface area contributed by atoms with Gasteiger partial charge in [-0.1, -0.05) is 13.8 Å². The van der Waals surface area contributed by atoms with Gasteiger partial charge in [0, 0.05) is 19.4 Å². The quantitative estimate of drug-likeness (QED) is 0.717. The molecule has 4 unspecified atom stereocenters. The number of rotatable bonds is 5. The average molecular weight is 226 g/mol. The van der Waals surface area contributed by atoms with Gasteiger partial charge in [-0.15, -0.1) is 0 Å². The molecule has 2 heteroatoms. The van der Waals surface area contributed by atoms with Crippen molar-refractivity contribution in [3.63, 3.8) is 0 Å². The Morgan fingerprint density at radius 3 is 2.56 bits per heavy atom. The summed E-state index contributed by atoms with van der Waals surface area (Å²) in [5, 5.41) is 0. The maximum atomic E-state index is 12.0. The largest absolute Gasteiger partial charge is 0.382 e. The number of carbonyl (C=O) groups is 1. The third-order valence-electron chi connectivity index (χ3n) is 4.25. The van der Waals surface area contributed by atoms with Gasteiger partial charge in [-0.25, -0.2) is 0 Å². The number of ketones is 1. The maximum Gasteiger partial charge on any atom is 0.136 e. The van der Waals surface area contributed by atoms with Crippen LogP contribution in [0.2, 0.25) is 0 Å². The molecule has 94 valence electrons. The van der Waals surface area contributed by atoms with Gasteiger partial charge in [-0.05, 0) is 44.4 Å². The summed E-state index contributed by atoms with van der Waals surface area (Å²) in [7, 11) is 1.71. The molecular weight excluding hydrogens is 200 g/mol. The predicted octanol–water partition coefficient (Wildman–Crippen LogP) is 3.44. The smallest absolute Gasteiger partial charge is 0.136 e. The Morgan fingerprint density at radius 1 is 1.31 bits per heavy atom. The molecule has 0 spiro atoms.